The summed E-state index contributed by atoms with van der Waals surface area (Å²) in [6.07, 6.45) is 0.563. The number of hydrogen-bond donors (Lipinski definition) is 1. The average molecular weight is 338 g/mol. The van der Waals surface area contributed by atoms with Crippen LogP contribution in [-0.4, -0.2) is 6.61 Å². The number of rotatable bonds is 5. The molecule has 4 heteroatoms. The molecule has 0 saturated heterocycles. The molecule has 2 aromatic rings. The van der Waals surface area contributed by atoms with Gasteiger partial charge in [0.25, 0.3) is 0 Å². The van der Waals surface area contributed by atoms with Gasteiger partial charge in [0.05, 0.1) is 11.1 Å². The van der Waals surface area contributed by atoms with Crippen molar-refractivity contribution in [2.45, 2.75) is 19.4 Å². The van der Waals surface area contributed by atoms with E-state index in [9.17, 15) is 4.39 Å². The Balaban J connectivity index is 2.17. The van der Waals surface area contributed by atoms with Gasteiger partial charge in [-0.1, -0.05) is 24.3 Å². The molecule has 2 N–H and O–H groups in total. The maximum absolute atomic E-state index is 13.5. The van der Waals surface area contributed by atoms with E-state index in [-0.39, 0.29) is 11.9 Å². The van der Waals surface area contributed by atoms with Crippen LogP contribution in [-0.2, 0) is 6.42 Å². The fourth-order valence-corrected chi connectivity index (χ4v) is 2.49. The molecule has 0 heterocycles. The highest BCUT2D eigenvalue weighted by Gasteiger charge is 2.12. The lowest BCUT2D eigenvalue weighted by atomic mass is 9.99. The molecule has 2 aromatic carbocycles. The predicted molar refractivity (Wildman–Crippen MR) is 82.3 cm³/mol. The molecule has 0 aromatic heterocycles. The Kier molecular flexibility index (Phi) is 5.15. The van der Waals surface area contributed by atoms with Gasteiger partial charge >= 0.3 is 0 Å². The summed E-state index contributed by atoms with van der Waals surface area (Å²) in [5, 5.41) is 0. The van der Waals surface area contributed by atoms with E-state index in [1.165, 1.54) is 6.07 Å². The van der Waals surface area contributed by atoms with E-state index in [1.807, 2.05) is 37.3 Å². The van der Waals surface area contributed by atoms with E-state index in [1.54, 1.807) is 6.07 Å². The summed E-state index contributed by atoms with van der Waals surface area (Å²) in [4.78, 5) is 0. The highest BCUT2D eigenvalue weighted by Crippen LogP contribution is 2.26. The number of hydrogen-bond acceptors (Lipinski definition) is 2. The molecule has 20 heavy (non-hydrogen) atoms. The third-order valence-electron chi connectivity index (χ3n) is 3.07. The highest BCUT2D eigenvalue weighted by molar-refractivity contribution is 9.10. The maximum Gasteiger partial charge on any atom is 0.137 e. The van der Waals surface area contributed by atoms with Crippen LogP contribution in [0.3, 0.4) is 0 Å². The molecule has 0 amide bonds. The fourth-order valence-electron chi connectivity index (χ4n) is 2.06. The van der Waals surface area contributed by atoms with Crippen molar-refractivity contribution in [3.05, 3.63) is 63.9 Å². The van der Waals surface area contributed by atoms with Gasteiger partial charge in [-0.2, -0.15) is 0 Å². The van der Waals surface area contributed by atoms with Crippen LogP contribution in [0.4, 0.5) is 4.39 Å². The van der Waals surface area contributed by atoms with Crippen molar-refractivity contribution in [3.63, 3.8) is 0 Å². The van der Waals surface area contributed by atoms with Crippen molar-refractivity contribution >= 4 is 15.9 Å². The summed E-state index contributed by atoms with van der Waals surface area (Å²) < 4.78 is 19.4. The molecular formula is C16H17BrFNO. The Labute approximate surface area is 126 Å². The monoisotopic (exact) mass is 337 g/mol. The van der Waals surface area contributed by atoms with Gasteiger partial charge in [-0.15, -0.1) is 0 Å². The molecule has 0 aliphatic rings. The Morgan fingerprint density at radius 1 is 1.25 bits per heavy atom. The molecule has 1 unspecified atom stereocenters. The SMILES string of the molecule is CCOc1cccc(C(N)Cc2cccc(F)c2Br)c1. The van der Waals surface area contributed by atoms with Gasteiger partial charge in [-0.05, 0) is 58.6 Å². The van der Waals surface area contributed by atoms with E-state index < -0.39 is 0 Å². The summed E-state index contributed by atoms with van der Waals surface area (Å²) in [5.41, 5.74) is 8.05. The van der Waals surface area contributed by atoms with Crippen LogP contribution in [0.1, 0.15) is 24.1 Å². The number of halogens is 2. The van der Waals surface area contributed by atoms with Gasteiger partial charge in [0.15, 0.2) is 0 Å². The van der Waals surface area contributed by atoms with Gasteiger partial charge in [0.2, 0.25) is 0 Å². The minimum absolute atomic E-state index is 0.200. The normalized spacial score (nSPS) is 12.2. The van der Waals surface area contributed by atoms with Crippen LogP contribution in [0.15, 0.2) is 46.9 Å². The standard InChI is InChI=1S/C16H17BrFNO/c1-2-20-13-7-3-5-11(9-13)15(19)10-12-6-4-8-14(18)16(12)17/h3-9,15H,2,10,19H2,1H3. The van der Waals surface area contributed by atoms with Gasteiger partial charge < -0.3 is 10.5 Å². The molecule has 2 rings (SSSR count). The van der Waals surface area contributed by atoms with Crippen molar-refractivity contribution in [2.24, 2.45) is 5.73 Å². The van der Waals surface area contributed by atoms with Crippen molar-refractivity contribution in [1.29, 1.82) is 0 Å². The van der Waals surface area contributed by atoms with Gasteiger partial charge in [0.1, 0.15) is 11.6 Å². The number of nitrogens with two attached hydrogens (primary N) is 1. The summed E-state index contributed by atoms with van der Waals surface area (Å²) in [6.45, 7) is 2.56. The molecule has 0 fully saturated rings. The van der Waals surface area contributed by atoms with Gasteiger partial charge in [-0.25, -0.2) is 4.39 Å². The Hall–Kier alpha value is -1.39. The fraction of sp³-hybridized carbons (Fsp3) is 0.250. The summed E-state index contributed by atoms with van der Waals surface area (Å²) in [7, 11) is 0. The van der Waals surface area contributed by atoms with Crippen molar-refractivity contribution in [3.8, 4) is 5.75 Å². The van der Waals surface area contributed by atoms with Crippen molar-refractivity contribution in [1.82, 2.24) is 0 Å². The smallest absolute Gasteiger partial charge is 0.137 e. The lowest BCUT2D eigenvalue weighted by Gasteiger charge is -2.15. The van der Waals surface area contributed by atoms with E-state index >= 15 is 0 Å². The first-order valence-electron chi connectivity index (χ1n) is 6.53. The van der Waals surface area contributed by atoms with E-state index in [4.69, 9.17) is 10.5 Å². The second-order valence-corrected chi connectivity index (χ2v) is 5.32. The zero-order valence-electron chi connectivity index (χ0n) is 11.3. The molecule has 0 aliphatic heterocycles. The van der Waals surface area contributed by atoms with Gasteiger partial charge in [-0.3, -0.25) is 0 Å². The Bertz CT molecular complexity index is 588. The number of ether oxygens (including phenoxy) is 1. The molecule has 0 bridgehead atoms. The number of benzene rings is 2. The molecule has 0 spiro atoms. The molecule has 106 valence electrons. The molecule has 0 radical (unpaired) electrons. The minimum atomic E-state index is -0.266. The maximum atomic E-state index is 13.5. The first-order valence-corrected chi connectivity index (χ1v) is 7.32. The van der Waals surface area contributed by atoms with Crippen LogP contribution in [0.25, 0.3) is 0 Å². The molecular weight excluding hydrogens is 321 g/mol. The first-order chi connectivity index (χ1) is 9.61. The van der Waals surface area contributed by atoms with Crippen molar-refractivity contribution < 1.29 is 9.13 Å². The topological polar surface area (TPSA) is 35.2 Å². The quantitative estimate of drug-likeness (QED) is 0.886. The minimum Gasteiger partial charge on any atom is -0.494 e. The summed E-state index contributed by atoms with van der Waals surface area (Å²) in [6, 6.07) is 12.5. The zero-order valence-corrected chi connectivity index (χ0v) is 12.9. The summed E-state index contributed by atoms with van der Waals surface area (Å²) >= 11 is 3.27. The predicted octanol–water partition coefficient (Wildman–Crippen LogP) is 4.23. The van der Waals surface area contributed by atoms with E-state index in [0.29, 0.717) is 17.5 Å². The third-order valence-corrected chi connectivity index (χ3v) is 3.96. The Morgan fingerprint density at radius 3 is 2.75 bits per heavy atom. The van der Waals surface area contributed by atoms with E-state index in [2.05, 4.69) is 15.9 Å². The average Bonchev–Trinajstić information content (AvgIpc) is 2.44. The van der Waals surface area contributed by atoms with Crippen LogP contribution >= 0.6 is 15.9 Å². The Morgan fingerprint density at radius 2 is 2.00 bits per heavy atom. The molecule has 0 aliphatic carbocycles. The van der Waals surface area contributed by atoms with Gasteiger partial charge in [0, 0.05) is 6.04 Å². The lowest BCUT2D eigenvalue weighted by molar-refractivity contribution is 0.339. The lowest BCUT2D eigenvalue weighted by Crippen LogP contribution is -2.14. The highest BCUT2D eigenvalue weighted by atomic mass is 79.9. The zero-order chi connectivity index (χ0) is 14.5. The van der Waals surface area contributed by atoms with E-state index in [0.717, 1.165) is 16.9 Å². The van der Waals surface area contributed by atoms with Crippen LogP contribution < -0.4 is 10.5 Å². The largest absolute Gasteiger partial charge is 0.494 e. The molecule has 1 atom stereocenters. The third kappa shape index (κ3) is 3.58. The van der Waals surface area contributed by atoms with Crippen LogP contribution in [0.2, 0.25) is 0 Å². The summed E-state index contributed by atoms with van der Waals surface area (Å²) in [5.74, 6) is 0.538. The second kappa shape index (κ2) is 6.86. The molecule has 2 nitrogen and oxygen atoms in total. The first kappa shape index (κ1) is 15.0. The van der Waals surface area contributed by atoms with Crippen LogP contribution in [0, 0.1) is 5.82 Å². The molecule has 0 saturated carbocycles. The van der Waals surface area contributed by atoms with Crippen LogP contribution in [0.5, 0.6) is 5.75 Å². The second-order valence-electron chi connectivity index (χ2n) is 4.53. The van der Waals surface area contributed by atoms with Crippen molar-refractivity contribution in [2.75, 3.05) is 6.61 Å².